The first-order valence-corrected chi connectivity index (χ1v) is 7.17. The zero-order valence-corrected chi connectivity index (χ0v) is 12.6. The highest BCUT2D eigenvalue weighted by Gasteiger charge is 2.36. The zero-order valence-electron chi connectivity index (χ0n) is 12.6. The number of methoxy groups -OCH3 is 2. The Morgan fingerprint density at radius 2 is 1.67 bits per heavy atom. The first kappa shape index (κ1) is 14.0. The van der Waals surface area contributed by atoms with Crippen LogP contribution in [0.3, 0.4) is 0 Å². The number of hydrogen-bond acceptors (Lipinski definition) is 3. The number of ether oxygens (including phenoxy) is 3. The Labute approximate surface area is 125 Å². The number of hydrogen-bond donors (Lipinski definition) is 0. The molecule has 0 unspecified atom stereocenters. The molecule has 0 radical (unpaired) electrons. The zero-order chi connectivity index (χ0) is 14.8. The van der Waals surface area contributed by atoms with Gasteiger partial charge in [0.25, 0.3) is 0 Å². The van der Waals surface area contributed by atoms with E-state index in [0.717, 1.165) is 22.6 Å². The molecular weight excluding hydrogens is 264 g/mol. The first-order chi connectivity index (χ1) is 10.2. The van der Waals surface area contributed by atoms with Gasteiger partial charge in [0.05, 0.1) is 13.2 Å². The van der Waals surface area contributed by atoms with E-state index in [-0.39, 0.29) is 18.1 Å². The van der Waals surface area contributed by atoms with E-state index in [4.69, 9.17) is 14.2 Å². The van der Waals surface area contributed by atoms with Crippen LogP contribution in [0, 0.1) is 5.92 Å². The summed E-state index contributed by atoms with van der Waals surface area (Å²) in [5, 5.41) is 0. The minimum absolute atomic E-state index is 0.0178. The van der Waals surface area contributed by atoms with Crippen molar-refractivity contribution < 1.29 is 14.2 Å². The predicted molar refractivity (Wildman–Crippen MR) is 81.7 cm³/mol. The maximum Gasteiger partial charge on any atom is 0.129 e. The maximum atomic E-state index is 6.22. The van der Waals surface area contributed by atoms with Crippen LogP contribution < -0.4 is 9.47 Å². The molecule has 3 nitrogen and oxygen atoms in total. The summed E-state index contributed by atoms with van der Waals surface area (Å²) in [5.41, 5.74) is 2.26. The lowest BCUT2D eigenvalue weighted by Crippen LogP contribution is -2.28. The molecule has 1 aliphatic rings. The molecule has 2 aromatic rings. The standard InChI is InChI=1S/C18H20O3/c1-12-17(13-8-10-14(19-2)11-9-13)21-16-7-5-4-6-15(16)18(12)20-3/h4-12,17-18H,1-3H3/t12-,17-,18-/m0/s1. The SMILES string of the molecule is COc1ccc([C@H]2Oc3ccccc3[C@@H](OC)[C@H]2C)cc1. The number of rotatable bonds is 3. The van der Waals surface area contributed by atoms with Crippen molar-refractivity contribution in [1.29, 1.82) is 0 Å². The minimum atomic E-state index is -0.0178. The van der Waals surface area contributed by atoms with Crippen LogP contribution in [0.5, 0.6) is 11.5 Å². The average molecular weight is 284 g/mol. The molecule has 0 fully saturated rings. The fourth-order valence-corrected chi connectivity index (χ4v) is 3.02. The molecule has 0 spiro atoms. The molecule has 0 bridgehead atoms. The van der Waals surface area contributed by atoms with E-state index in [1.807, 2.05) is 30.3 Å². The van der Waals surface area contributed by atoms with Crippen LogP contribution in [0.1, 0.15) is 30.3 Å². The third-order valence-electron chi connectivity index (χ3n) is 4.13. The van der Waals surface area contributed by atoms with Gasteiger partial charge in [-0.3, -0.25) is 0 Å². The molecule has 21 heavy (non-hydrogen) atoms. The second-order valence-corrected chi connectivity index (χ2v) is 5.36. The molecular formula is C18H20O3. The summed E-state index contributed by atoms with van der Waals surface area (Å²) in [7, 11) is 3.43. The van der Waals surface area contributed by atoms with Gasteiger partial charge in [-0.25, -0.2) is 0 Å². The van der Waals surface area contributed by atoms with Crippen LogP contribution in [0.15, 0.2) is 48.5 Å². The summed E-state index contributed by atoms with van der Waals surface area (Å²) in [5.74, 6) is 1.99. The topological polar surface area (TPSA) is 27.7 Å². The van der Waals surface area contributed by atoms with Crippen molar-refractivity contribution in [1.82, 2.24) is 0 Å². The second kappa shape index (κ2) is 5.78. The van der Waals surface area contributed by atoms with E-state index < -0.39 is 0 Å². The fraction of sp³-hybridized carbons (Fsp3) is 0.333. The summed E-state index contributed by atoms with van der Waals surface area (Å²) in [6, 6.07) is 16.1. The van der Waals surface area contributed by atoms with Crippen LogP contribution in [0.25, 0.3) is 0 Å². The van der Waals surface area contributed by atoms with Crippen LogP contribution in [0.2, 0.25) is 0 Å². The molecule has 1 heterocycles. The van der Waals surface area contributed by atoms with Gasteiger partial charge in [0.2, 0.25) is 0 Å². The van der Waals surface area contributed by atoms with Gasteiger partial charge in [-0.1, -0.05) is 37.3 Å². The molecule has 3 heteroatoms. The van der Waals surface area contributed by atoms with Gasteiger partial charge in [-0.2, -0.15) is 0 Å². The van der Waals surface area contributed by atoms with Crippen LogP contribution in [-0.2, 0) is 4.74 Å². The molecule has 1 aliphatic heterocycles. The fourth-order valence-electron chi connectivity index (χ4n) is 3.02. The second-order valence-electron chi connectivity index (χ2n) is 5.36. The number of para-hydroxylation sites is 1. The van der Waals surface area contributed by atoms with Crippen molar-refractivity contribution in [2.45, 2.75) is 19.1 Å². The Morgan fingerprint density at radius 3 is 2.33 bits per heavy atom. The molecule has 0 saturated carbocycles. The molecule has 0 aliphatic carbocycles. The Morgan fingerprint density at radius 1 is 0.952 bits per heavy atom. The smallest absolute Gasteiger partial charge is 0.129 e. The highest BCUT2D eigenvalue weighted by atomic mass is 16.5. The van der Waals surface area contributed by atoms with Gasteiger partial charge in [0.15, 0.2) is 0 Å². The van der Waals surface area contributed by atoms with Crippen molar-refractivity contribution in [2.75, 3.05) is 14.2 Å². The van der Waals surface area contributed by atoms with E-state index >= 15 is 0 Å². The highest BCUT2D eigenvalue weighted by molar-refractivity contribution is 5.40. The van der Waals surface area contributed by atoms with Crippen LogP contribution in [0.4, 0.5) is 0 Å². The molecule has 3 atom stereocenters. The quantitative estimate of drug-likeness (QED) is 0.847. The van der Waals surface area contributed by atoms with E-state index in [2.05, 4.69) is 25.1 Å². The molecule has 3 rings (SSSR count). The van der Waals surface area contributed by atoms with Crippen molar-refractivity contribution in [3.63, 3.8) is 0 Å². The number of fused-ring (bicyclic) bond motifs is 1. The Kier molecular flexibility index (Phi) is 3.84. The number of benzene rings is 2. The molecule has 0 saturated heterocycles. The molecule has 0 amide bonds. The average Bonchev–Trinajstić information content (AvgIpc) is 2.54. The molecule has 0 N–H and O–H groups in total. The summed E-state index contributed by atoms with van der Waals surface area (Å²) >= 11 is 0. The molecule has 0 aromatic heterocycles. The van der Waals surface area contributed by atoms with Gasteiger partial charge in [0.1, 0.15) is 17.6 Å². The van der Waals surface area contributed by atoms with Gasteiger partial charge in [-0.05, 0) is 23.8 Å². The Balaban J connectivity index is 1.96. The van der Waals surface area contributed by atoms with Crippen LogP contribution in [-0.4, -0.2) is 14.2 Å². The lowest BCUT2D eigenvalue weighted by atomic mass is 9.85. The minimum Gasteiger partial charge on any atom is -0.497 e. The highest BCUT2D eigenvalue weighted by Crippen LogP contribution is 2.46. The first-order valence-electron chi connectivity index (χ1n) is 7.17. The van der Waals surface area contributed by atoms with E-state index in [1.54, 1.807) is 14.2 Å². The predicted octanol–water partition coefficient (Wildman–Crippen LogP) is 4.15. The van der Waals surface area contributed by atoms with Crippen molar-refractivity contribution in [3.8, 4) is 11.5 Å². The van der Waals surface area contributed by atoms with Crippen molar-refractivity contribution in [3.05, 3.63) is 59.7 Å². The van der Waals surface area contributed by atoms with Crippen LogP contribution >= 0.6 is 0 Å². The Bertz CT molecular complexity index is 606. The van der Waals surface area contributed by atoms with Gasteiger partial charge in [-0.15, -0.1) is 0 Å². The van der Waals surface area contributed by atoms with E-state index in [0.29, 0.717) is 0 Å². The maximum absolute atomic E-state index is 6.22. The van der Waals surface area contributed by atoms with Gasteiger partial charge < -0.3 is 14.2 Å². The van der Waals surface area contributed by atoms with E-state index in [1.165, 1.54) is 0 Å². The monoisotopic (exact) mass is 284 g/mol. The van der Waals surface area contributed by atoms with Crippen molar-refractivity contribution >= 4 is 0 Å². The largest absolute Gasteiger partial charge is 0.497 e. The third kappa shape index (κ3) is 2.49. The summed E-state index contributed by atoms with van der Waals surface area (Å²) in [6.45, 7) is 2.17. The van der Waals surface area contributed by atoms with Gasteiger partial charge >= 0.3 is 0 Å². The lowest BCUT2D eigenvalue weighted by Gasteiger charge is -2.37. The summed E-state index contributed by atoms with van der Waals surface area (Å²) in [6.07, 6.45) is 0.0257. The Hall–Kier alpha value is -2.00. The van der Waals surface area contributed by atoms with Gasteiger partial charge in [0, 0.05) is 18.6 Å². The summed E-state index contributed by atoms with van der Waals surface area (Å²) < 4.78 is 17.2. The van der Waals surface area contributed by atoms with E-state index in [9.17, 15) is 0 Å². The third-order valence-corrected chi connectivity index (χ3v) is 4.13. The molecule has 110 valence electrons. The van der Waals surface area contributed by atoms with Crippen molar-refractivity contribution in [2.24, 2.45) is 5.92 Å². The molecule has 2 aromatic carbocycles. The lowest BCUT2D eigenvalue weighted by molar-refractivity contribution is -0.0204. The normalized spacial score (nSPS) is 24.0. The summed E-state index contributed by atoms with van der Waals surface area (Å²) in [4.78, 5) is 0.